The number of hydrogen-bond acceptors (Lipinski definition) is 1. The zero-order chi connectivity index (χ0) is 16.4. The van der Waals surface area contributed by atoms with E-state index in [0.29, 0.717) is 0 Å². The standard InChI is InChI=1S/C17H40OSi3/c1-9-10-11-12-13-14-15-21(8)16-17(2,3)18-19(4,5)20(21,6)7/h9-16H2,1-8H3. The zero-order valence-corrected chi connectivity index (χ0v) is 19.1. The van der Waals surface area contributed by atoms with Gasteiger partial charge in [0.05, 0.1) is 7.11 Å². The van der Waals surface area contributed by atoms with Gasteiger partial charge in [0, 0.05) is 13.2 Å². The van der Waals surface area contributed by atoms with Crippen LogP contribution in [0.1, 0.15) is 59.3 Å². The second kappa shape index (κ2) is 7.02. The van der Waals surface area contributed by atoms with Crippen molar-refractivity contribution in [3.8, 4) is 0 Å². The van der Waals surface area contributed by atoms with E-state index in [1.165, 1.54) is 44.6 Å². The summed E-state index contributed by atoms with van der Waals surface area (Å²) in [6.07, 6.45) is 8.65. The van der Waals surface area contributed by atoms with E-state index in [2.05, 4.69) is 53.5 Å². The van der Waals surface area contributed by atoms with Crippen molar-refractivity contribution >= 4 is 22.5 Å². The quantitative estimate of drug-likeness (QED) is 0.388. The Morgan fingerprint density at radius 3 is 1.95 bits per heavy atom. The highest BCUT2D eigenvalue weighted by Gasteiger charge is 2.61. The van der Waals surface area contributed by atoms with Crippen LogP contribution in [0.5, 0.6) is 0 Å². The highest BCUT2D eigenvalue weighted by molar-refractivity contribution is 7.67. The minimum absolute atomic E-state index is 0.154. The lowest BCUT2D eigenvalue weighted by Gasteiger charge is -2.59. The highest BCUT2D eigenvalue weighted by Crippen LogP contribution is 2.46. The van der Waals surface area contributed by atoms with Gasteiger partial charge in [-0.15, -0.1) is 0 Å². The van der Waals surface area contributed by atoms with Gasteiger partial charge >= 0.3 is 0 Å². The maximum Gasteiger partial charge on any atom is 0.172 e. The third-order valence-electron chi connectivity index (χ3n) is 6.44. The molecule has 1 fully saturated rings. The molecule has 1 rings (SSSR count). The Morgan fingerprint density at radius 2 is 1.38 bits per heavy atom. The van der Waals surface area contributed by atoms with Gasteiger partial charge in [0.25, 0.3) is 0 Å². The summed E-state index contributed by atoms with van der Waals surface area (Å²) < 4.78 is 6.67. The first kappa shape index (κ1) is 19.7. The average Bonchev–Trinajstić information content (AvgIpc) is 2.29. The molecule has 0 bridgehead atoms. The molecule has 1 unspecified atom stereocenters. The number of hydrogen-bond donors (Lipinski definition) is 0. The molecule has 0 amide bonds. The molecule has 1 atom stereocenters. The molecule has 4 heteroatoms. The molecule has 0 aliphatic carbocycles. The Balaban J connectivity index is 2.67. The molecule has 1 saturated heterocycles. The van der Waals surface area contributed by atoms with Gasteiger partial charge in [-0.1, -0.05) is 71.1 Å². The smallest absolute Gasteiger partial charge is 0.172 e. The fourth-order valence-corrected chi connectivity index (χ4v) is 38.4. The van der Waals surface area contributed by atoms with E-state index in [4.69, 9.17) is 4.43 Å². The van der Waals surface area contributed by atoms with Gasteiger partial charge in [-0.05, 0) is 33.0 Å². The maximum atomic E-state index is 6.67. The van der Waals surface area contributed by atoms with E-state index in [1.54, 1.807) is 6.04 Å². The molecule has 0 radical (unpaired) electrons. The van der Waals surface area contributed by atoms with Crippen molar-refractivity contribution in [2.75, 3.05) is 0 Å². The average molecular weight is 345 g/mol. The van der Waals surface area contributed by atoms with Gasteiger partial charge in [0.1, 0.15) is 0 Å². The van der Waals surface area contributed by atoms with Crippen LogP contribution in [0, 0.1) is 0 Å². The van der Waals surface area contributed by atoms with Crippen molar-refractivity contribution in [1.29, 1.82) is 0 Å². The fourth-order valence-electron chi connectivity index (χ4n) is 4.44. The molecule has 1 heterocycles. The minimum atomic E-state index is -1.47. The molecule has 0 spiro atoms. The second-order valence-electron chi connectivity index (χ2n) is 9.25. The van der Waals surface area contributed by atoms with E-state index in [-0.39, 0.29) is 5.60 Å². The number of rotatable bonds is 7. The Hall–Kier alpha value is 0.611. The van der Waals surface area contributed by atoms with Gasteiger partial charge in [-0.25, -0.2) is 0 Å². The fraction of sp³-hybridized carbons (Fsp3) is 1.00. The predicted octanol–water partition coefficient (Wildman–Crippen LogP) is 6.30. The van der Waals surface area contributed by atoms with Crippen LogP contribution < -0.4 is 0 Å². The monoisotopic (exact) mass is 344 g/mol. The van der Waals surface area contributed by atoms with Crippen LogP contribution in [-0.2, 0) is 4.43 Å². The third kappa shape index (κ3) is 4.55. The summed E-state index contributed by atoms with van der Waals surface area (Å²) in [7, 11) is -3.78. The van der Waals surface area contributed by atoms with E-state index >= 15 is 0 Å². The van der Waals surface area contributed by atoms with Crippen LogP contribution in [0.3, 0.4) is 0 Å². The normalized spacial score (nSPS) is 30.3. The van der Waals surface area contributed by atoms with E-state index < -0.39 is 22.5 Å². The van der Waals surface area contributed by atoms with E-state index in [1.807, 2.05) is 0 Å². The molecule has 0 aromatic rings. The predicted molar refractivity (Wildman–Crippen MR) is 105 cm³/mol. The van der Waals surface area contributed by atoms with Crippen molar-refractivity contribution in [2.24, 2.45) is 0 Å². The Bertz CT molecular complexity index is 339. The summed E-state index contributed by atoms with van der Waals surface area (Å²) in [4.78, 5) is 0. The maximum absolute atomic E-state index is 6.67. The van der Waals surface area contributed by atoms with Gasteiger partial charge in [0.15, 0.2) is 7.83 Å². The van der Waals surface area contributed by atoms with Gasteiger partial charge in [-0.2, -0.15) is 0 Å². The van der Waals surface area contributed by atoms with Crippen LogP contribution >= 0.6 is 0 Å². The summed E-state index contributed by atoms with van der Waals surface area (Å²) in [5.74, 6) is 0. The van der Waals surface area contributed by atoms with Gasteiger partial charge < -0.3 is 4.43 Å². The summed E-state index contributed by atoms with van der Waals surface area (Å²) >= 11 is 0. The first-order valence-electron chi connectivity index (χ1n) is 9.18. The molecule has 21 heavy (non-hydrogen) atoms. The lowest BCUT2D eigenvalue weighted by Crippen LogP contribution is -2.78. The van der Waals surface area contributed by atoms with Crippen molar-refractivity contribution < 1.29 is 4.43 Å². The van der Waals surface area contributed by atoms with Crippen LogP contribution in [-0.4, -0.2) is 28.1 Å². The molecular formula is C17H40OSi3. The number of unbranched alkanes of at least 4 members (excludes halogenated alkanes) is 5. The van der Waals surface area contributed by atoms with Crippen molar-refractivity contribution in [3.63, 3.8) is 0 Å². The molecular weight excluding hydrogens is 304 g/mol. The van der Waals surface area contributed by atoms with Crippen molar-refractivity contribution in [1.82, 2.24) is 0 Å². The second-order valence-corrected chi connectivity index (χ2v) is 35.9. The Kier molecular flexibility index (Phi) is 6.57. The lowest BCUT2D eigenvalue weighted by atomic mass is 10.1. The van der Waals surface area contributed by atoms with Crippen LogP contribution in [0.2, 0.25) is 44.8 Å². The Labute approximate surface area is 137 Å². The molecule has 0 aromatic heterocycles. The molecule has 126 valence electrons. The minimum Gasteiger partial charge on any atom is -0.416 e. The summed E-state index contributed by atoms with van der Waals surface area (Å²) in [6.45, 7) is 20.2. The largest absolute Gasteiger partial charge is 0.416 e. The van der Waals surface area contributed by atoms with Gasteiger partial charge in [-0.3, -0.25) is 0 Å². The zero-order valence-electron chi connectivity index (χ0n) is 16.1. The topological polar surface area (TPSA) is 9.23 Å². The molecule has 0 N–H and O–H groups in total. The van der Waals surface area contributed by atoms with E-state index in [9.17, 15) is 0 Å². The molecule has 1 aliphatic rings. The molecule has 0 saturated carbocycles. The van der Waals surface area contributed by atoms with Crippen LogP contribution in [0.25, 0.3) is 0 Å². The molecule has 0 aromatic carbocycles. The summed E-state index contributed by atoms with van der Waals surface area (Å²) in [6, 6.07) is 2.98. The first-order chi connectivity index (χ1) is 9.47. The lowest BCUT2D eigenvalue weighted by molar-refractivity contribution is 0.122. The van der Waals surface area contributed by atoms with Crippen LogP contribution in [0.15, 0.2) is 0 Å². The van der Waals surface area contributed by atoms with Crippen molar-refractivity contribution in [2.45, 2.75) is 110 Å². The SMILES string of the molecule is CCCCCCCC[Si]1(C)CC(C)(C)O[Si](C)(C)[Si]1(C)C. The van der Waals surface area contributed by atoms with Gasteiger partial charge in [0.2, 0.25) is 0 Å². The Morgan fingerprint density at radius 1 is 0.857 bits per heavy atom. The summed E-state index contributed by atoms with van der Waals surface area (Å²) in [5, 5.41) is 0. The van der Waals surface area contributed by atoms with Crippen molar-refractivity contribution in [3.05, 3.63) is 0 Å². The third-order valence-corrected chi connectivity index (χ3v) is 47.1. The molecule has 1 nitrogen and oxygen atoms in total. The first-order valence-corrected chi connectivity index (χ1v) is 20.0. The summed E-state index contributed by atoms with van der Waals surface area (Å²) in [5.41, 5.74) is 0.154. The molecule has 1 aliphatic heterocycles. The highest BCUT2D eigenvalue weighted by atomic mass is 29.6. The van der Waals surface area contributed by atoms with Crippen LogP contribution in [0.4, 0.5) is 0 Å². The van der Waals surface area contributed by atoms with E-state index in [0.717, 1.165) is 0 Å².